The highest BCUT2D eigenvalue weighted by Gasteiger charge is 2.31. The number of oxazole rings is 1. The van der Waals surface area contributed by atoms with Gasteiger partial charge in [0.05, 0.1) is 12.2 Å². The maximum Gasteiger partial charge on any atom is 0.416 e. The summed E-state index contributed by atoms with van der Waals surface area (Å²) in [5, 5.41) is 11.0. The number of alkyl carbamates (subject to hydrolysis) is 1. The van der Waals surface area contributed by atoms with Crippen molar-refractivity contribution in [3.8, 4) is 17.0 Å². The first-order valence-corrected chi connectivity index (χ1v) is 11.0. The Kier molecular flexibility index (Phi) is 8.70. The second kappa shape index (κ2) is 11.6. The molecule has 4 N–H and O–H groups in total. The molecule has 3 aromatic rings. The van der Waals surface area contributed by atoms with E-state index in [-0.39, 0.29) is 35.0 Å². The third-order valence-electron chi connectivity index (χ3n) is 4.68. The van der Waals surface area contributed by atoms with E-state index in [0.29, 0.717) is 0 Å². The number of hydrogen-bond donors (Lipinski definition) is 3. The molecule has 0 aliphatic carbocycles. The van der Waals surface area contributed by atoms with Gasteiger partial charge in [-0.15, -0.1) is 0 Å². The zero-order valence-electron chi connectivity index (χ0n) is 18.4. The fourth-order valence-corrected chi connectivity index (χ4v) is 3.45. The number of nitrogens with one attached hydrogen (secondary N) is 1. The fourth-order valence-electron chi connectivity index (χ4n) is 2.97. The Hall–Kier alpha value is -3.72. The Morgan fingerprint density at radius 3 is 2.43 bits per heavy atom. The molecule has 1 unspecified atom stereocenters. The van der Waals surface area contributed by atoms with Gasteiger partial charge in [-0.1, -0.05) is 12.1 Å². The molecule has 0 aliphatic rings. The van der Waals surface area contributed by atoms with Crippen molar-refractivity contribution in [1.82, 2.24) is 10.3 Å². The van der Waals surface area contributed by atoms with Gasteiger partial charge in [0.15, 0.2) is 16.2 Å². The third-order valence-corrected chi connectivity index (χ3v) is 5.22. The van der Waals surface area contributed by atoms with E-state index in [4.69, 9.17) is 24.7 Å². The molecular weight excluding hydrogens is 577 g/mol. The van der Waals surface area contributed by atoms with Gasteiger partial charge in [-0.2, -0.15) is 13.2 Å². The lowest BCUT2D eigenvalue weighted by Crippen LogP contribution is -2.29. The Bertz CT molecular complexity index is 1280. The molecule has 37 heavy (non-hydrogen) atoms. The number of ether oxygens (including phenoxy) is 2. The zero-order valence-corrected chi connectivity index (χ0v) is 20.0. The molecule has 0 saturated heterocycles. The summed E-state index contributed by atoms with van der Waals surface area (Å²) in [6, 6.07) is 5.52. The van der Waals surface area contributed by atoms with Gasteiger partial charge in [0.25, 0.3) is 5.91 Å². The second-order valence-electron chi connectivity index (χ2n) is 7.20. The highest BCUT2D eigenvalue weighted by molar-refractivity contribution is 9.10. The smallest absolute Gasteiger partial charge is 0.416 e. The van der Waals surface area contributed by atoms with E-state index in [0.717, 1.165) is 36.4 Å². The summed E-state index contributed by atoms with van der Waals surface area (Å²) in [7, 11) is 0. The number of nitrogens with zero attached hydrogens (tertiary/aromatic N) is 1. The molecule has 0 aliphatic heterocycles. The van der Waals surface area contributed by atoms with Gasteiger partial charge >= 0.3 is 12.3 Å². The van der Waals surface area contributed by atoms with Crippen molar-refractivity contribution >= 4 is 27.9 Å². The van der Waals surface area contributed by atoms with E-state index in [2.05, 4.69) is 26.2 Å². The summed E-state index contributed by atoms with van der Waals surface area (Å²) in [6.07, 6.45) is -7.03. The number of hydrogen-bond acceptors (Lipinski definition) is 7. The molecule has 0 fully saturated rings. The van der Waals surface area contributed by atoms with Crippen LogP contribution in [0.1, 0.15) is 27.9 Å². The Morgan fingerprint density at radius 1 is 1.16 bits per heavy atom. The van der Waals surface area contributed by atoms with Gasteiger partial charge in [0.2, 0.25) is 12.0 Å². The van der Waals surface area contributed by atoms with Crippen molar-refractivity contribution in [3.63, 3.8) is 0 Å². The van der Waals surface area contributed by atoms with Crippen LogP contribution >= 0.6 is 15.9 Å². The molecule has 0 radical (unpaired) electrons. The summed E-state index contributed by atoms with van der Waals surface area (Å²) in [5.74, 6) is -5.06. The standard InChI is InChI=1S/C22H17BrF5N3O6/c23-18-17(10-1-3-11(4-2-10)22(26,27)28)31-20(37-18)14(9-35-21(34)30-7-8-32)36-13-6-5-12(24)15(16(13)25)19(29)33/h1-6,14,32H,7-9H2,(H2,29,33)(H,30,34). The summed E-state index contributed by atoms with van der Waals surface area (Å²) >= 11 is 3.09. The van der Waals surface area contributed by atoms with Crippen molar-refractivity contribution in [3.05, 3.63) is 69.7 Å². The van der Waals surface area contributed by atoms with Crippen LogP contribution in [0.5, 0.6) is 5.75 Å². The minimum atomic E-state index is -4.55. The van der Waals surface area contributed by atoms with Crippen LogP contribution in [0.4, 0.5) is 26.7 Å². The van der Waals surface area contributed by atoms with Crippen molar-refractivity contribution in [2.24, 2.45) is 5.73 Å². The molecule has 0 spiro atoms. The van der Waals surface area contributed by atoms with Crippen molar-refractivity contribution in [1.29, 1.82) is 0 Å². The van der Waals surface area contributed by atoms with Crippen LogP contribution in [0.3, 0.4) is 0 Å². The molecule has 2 amide bonds. The first-order valence-electron chi connectivity index (χ1n) is 10.2. The summed E-state index contributed by atoms with van der Waals surface area (Å²) < 4.78 is 83.1. The van der Waals surface area contributed by atoms with Gasteiger partial charge in [0.1, 0.15) is 23.7 Å². The lowest BCUT2D eigenvalue weighted by Gasteiger charge is -2.17. The molecule has 3 rings (SSSR count). The number of aliphatic hydroxyl groups is 1. The number of primary amides is 1. The average molecular weight is 594 g/mol. The number of nitrogens with two attached hydrogens (primary N) is 1. The van der Waals surface area contributed by atoms with E-state index in [1.165, 1.54) is 0 Å². The number of aromatic nitrogens is 1. The number of carbonyl (C=O) groups is 2. The number of amides is 2. The van der Waals surface area contributed by atoms with Crippen LogP contribution in [0, 0.1) is 11.6 Å². The Morgan fingerprint density at radius 2 is 1.84 bits per heavy atom. The van der Waals surface area contributed by atoms with Crippen LogP contribution in [0.15, 0.2) is 45.5 Å². The third kappa shape index (κ3) is 6.74. The quantitative estimate of drug-likeness (QED) is 0.314. The van der Waals surface area contributed by atoms with Gasteiger partial charge in [-0.25, -0.2) is 18.6 Å². The van der Waals surface area contributed by atoms with Crippen molar-refractivity contribution < 1.29 is 50.5 Å². The maximum absolute atomic E-state index is 14.7. The van der Waals surface area contributed by atoms with Crippen LogP contribution in [-0.4, -0.2) is 41.8 Å². The van der Waals surface area contributed by atoms with Gasteiger partial charge in [0, 0.05) is 12.1 Å². The number of benzene rings is 2. The highest BCUT2D eigenvalue weighted by Crippen LogP contribution is 2.35. The minimum Gasteiger partial charge on any atom is -0.474 e. The van der Waals surface area contributed by atoms with Crippen molar-refractivity contribution in [2.75, 3.05) is 19.8 Å². The Labute approximate surface area is 213 Å². The lowest BCUT2D eigenvalue weighted by atomic mass is 10.1. The molecule has 9 nitrogen and oxygen atoms in total. The summed E-state index contributed by atoms with van der Waals surface area (Å²) in [6.45, 7) is -1.17. The lowest BCUT2D eigenvalue weighted by molar-refractivity contribution is -0.137. The van der Waals surface area contributed by atoms with Crippen LogP contribution in [0.25, 0.3) is 11.3 Å². The zero-order chi connectivity index (χ0) is 27.3. The van der Waals surface area contributed by atoms with Gasteiger partial charge in [-0.3, -0.25) is 4.79 Å². The highest BCUT2D eigenvalue weighted by atomic mass is 79.9. The SMILES string of the molecule is NC(=O)c1c(F)ccc(OC(COC(=O)NCCO)c2nc(-c3ccc(C(F)(F)F)cc3)c(Br)o2)c1F. The number of halogens is 6. The van der Waals surface area contributed by atoms with Gasteiger partial charge in [-0.05, 0) is 40.2 Å². The largest absolute Gasteiger partial charge is 0.474 e. The van der Waals surface area contributed by atoms with Gasteiger partial charge < -0.3 is 30.0 Å². The normalized spacial score (nSPS) is 12.2. The number of aliphatic hydroxyl groups excluding tert-OH is 1. The van der Waals surface area contributed by atoms with E-state index in [1.807, 2.05) is 0 Å². The molecule has 1 atom stereocenters. The van der Waals surface area contributed by atoms with E-state index in [9.17, 15) is 31.5 Å². The van der Waals surface area contributed by atoms with Crippen LogP contribution < -0.4 is 15.8 Å². The summed E-state index contributed by atoms with van der Waals surface area (Å²) in [4.78, 5) is 27.4. The Balaban J connectivity index is 1.95. The van der Waals surface area contributed by atoms with Crippen molar-refractivity contribution in [2.45, 2.75) is 12.3 Å². The fraction of sp³-hybridized carbons (Fsp3) is 0.227. The molecular formula is C22H17BrF5N3O6. The van der Waals surface area contributed by atoms with Crippen LogP contribution in [-0.2, 0) is 10.9 Å². The number of carbonyl (C=O) groups excluding carboxylic acids is 2. The first kappa shape index (κ1) is 27.9. The molecule has 2 aromatic carbocycles. The molecule has 1 aromatic heterocycles. The molecule has 0 saturated carbocycles. The minimum absolute atomic E-state index is 0.0412. The van der Waals surface area contributed by atoms with E-state index < -0.39 is 59.4 Å². The topological polar surface area (TPSA) is 137 Å². The monoisotopic (exact) mass is 593 g/mol. The predicted octanol–water partition coefficient (Wildman–Crippen LogP) is 4.34. The second-order valence-corrected chi connectivity index (χ2v) is 7.92. The predicted molar refractivity (Wildman–Crippen MR) is 119 cm³/mol. The average Bonchev–Trinajstić information content (AvgIpc) is 3.22. The summed E-state index contributed by atoms with van der Waals surface area (Å²) in [5.41, 5.74) is 3.30. The molecule has 0 bridgehead atoms. The molecule has 15 heteroatoms. The van der Waals surface area contributed by atoms with E-state index >= 15 is 0 Å². The van der Waals surface area contributed by atoms with Crippen LogP contribution in [0.2, 0.25) is 0 Å². The van der Waals surface area contributed by atoms with E-state index in [1.54, 1.807) is 0 Å². The molecule has 1 heterocycles. The number of rotatable bonds is 9. The molecule has 198 valence electrons. The first-order chi connectivity index (χ1) is 17.4. The maximum atomic E-state index is 14.7. The number of alkyl halides is 3.